The van der Waals surface area contributed by atoms with E-state index in [0.717, 1.165) is 5.56 Å². The van der Waals surface area contributed by atoms with Crippen LogP contribution < -0.4 is 5.32 Å². The first-order valence-electron chi connectivity index (χ1n) is 5.79. The fourth-order valence-corrected chi connectivity index (χ4v) is 1.70. The average Bonchev–Trinajstić information content (AvgIpc) is 2.90. The Morgan fingerprint density at radius 2 is 2.16 bits per heavy atom. The molecule has 1 heterocycles. The van der Waals surface area contributed by atoms with Crippen LogP contribution >= 0.6 is 0 Å². The number of aromatic amines is 1. The average molecular weight is 258 g/mol. The van der Waals surface area contributed by atoms with Crippen LogP contribution in [0.4, 0.5) is 5.69 Å². The van der Waals surface area contributed by atoms with Crippen LogP contribution in [0.15, 0.2) is 42.7 Å². The van der Waals surface area contributed by atoms with E-state index in [1.165, 1.54) is 7.11 Å². The van der Waals surface area contributed by atoms with E-state index < -0.39 is 5.97 Å². The Labute approximate surface area is 110 Å². The topological polar surface area (TPSA) is 71.2 Å². The van der Waals surface area contributed by atoms with Crippen LogP contribution in [0.1, 0.15) is 15.9 Å². The summed E-state index contributed by atoms with van der Waals surface area (Å²) in [6.07, 6.45) is 3.82. The molecule has 0 atom stereocenters. The van der Waals surface area contributed by atoms with Gasteiger partial charge in [-0.1, -0.05) is 6.07 Å². The number of esters is 1. The summed E-state index contributed by atoms with van der Waals surface area (Å²) in [7, 11) is 1.32. The van der Waals surface area contributed by atoms with E-state index in [1.807, 2.05) is 6.07 Å². The van der Waals surface area contributed by atoms with Gasteiger partial charge in [-0.15, -0.1) is 0 Å². The summed E-state index contributed by atoms with van der Waals surface area (Å²) in [6, 6.07) is 8.47. The maximum Gasteiger partial charge on any atom is 0.337 e. The lowest BCUT2D eigenvalue weighted by molar-refractivity contribution is -0.115. The number of hydrogen-bond donors (Lipinski definition) is 2. The zero-order chi connectivity index (χ0) is 13.7. The number of carbonyl (C=O) groups is 2. The molecule has 98 valence electrons. The highest BCUT2D eigenvalue weighted by atomic mass is 16.5. The first-order chi connectivity index (χ1) is 9.19. The molecule has 0 radical (unpaired) electrons. The Morgan fingerprint density at radius 3 is 2.84 bits per heavy atom. The minimum atomic E-state index is -0.429. The number of methoxy groups -OCH3 is 1. The van der Waals surface area contributed by atoms with Gasteiger partial charge in [0, 0.05) is 18.1 Å². The fraction of sp³-hybridized carbons (Fsp3) is 0.143. The summed E-state index contributed by atoms with van der Waals surface area (Å²) in [5, 5.41) is 2.74. The Kier molecular flexibility index (Phi) is 3.97. The van der Waals surface area contributed by atoms with Crippen molar-refractivity contribution in [1.82, 2.24) is 4.98 Å². The Balaban J connectivity index is 2.02. The lowest BCUT2D eigenvalue weighted by atomic mass is 10.2. The summed E-state index contributed by atoms with van der Waals surface area (Å²) >= 11 is 0. The summed E-state index contributed by atoms with van der Waals surface area (Å²) in [6.45, 7) is 0. The smallest absolute Gasteiger partial charge is 0.337 e. The summed E-state index contributed by atoms with van der Waals surface area (Å²) < 4.78 is 4.63. The molecule has 2 rings (SSSR count). The van der Waals surface area contributed by atoms with Crippen molar-refractivity contribution in [2.75, 3.05) is 12.4 Å². The van der Waals surface area contributed by atoms with Crippen LogP contribution in [0.25, 0.3) is 0 Å². The number of anilines is 1. The van der Waals surface area contributed by atoms with E-state index in [9.17, 15) is 9.59 Å². The molecule has 5 nitrogen and oxygen atoms in total. The van der Waals surface area contributed by atoms with Crippen molar-refractivity contribution in [2.45, 2.75) is 6.42 Å². The molecule has 0 aliphatic heterocycles. The van der Waals surface area contributed by atoms with Crippen molar-refractivity contribution in [2.24, 2.45) is 0 Å². The van der Waals surface area contributed by atoms with Crippen LogP contribution in [0, 0.1) is 0 Å². The van der Waals surface area contributed by atoms with Crippen LogP contribution in [0.2, 0.25) is 0 Å². The molecule has 0 aliphatic rings. The molecular formula is C14H14N2O3. The van der Waals surface area contributed by atoms with Crippen molar-refractivity contribution in [3.63, 3.8) is 0 Å². The first-order valence-corrected chi connectivity index (χ1v) is 5.79. The predicted molar refractivity (Wildman–Crippen MR) is 70.9 cm³/mol. The third-order valence-electron chi connectivity index (χ3n) is 2.59. The summed E-state index contributed by atoms with van der Waals surface area (Å²) in [5.41, 5.74) is 1.88. The van der Waals surface area contributed by atoms with Gasteiger partial charge in [0.1, 0.15) is 0 Å². The Hall–Kier alpha value is -2.56. The van der Waals surface area contributed by atoms with Gasteiger partial charge in [0.2, 0.25) is 5.91 Å². The highest BCUT2D eigenvalue weighted by Crippen LogP contribution is 2.12. The molecule has 0 bridgehead atoms. The standard InChI is InChI=1S/C14H14N2O3/c1-19-14(18)11-3-2-4-12(8-11)16-13(17)7-10-5-6-15-9-10/h2-6,8-9,15H,7H2,1H3,(H,16,17). The van der Waals surface area contributed by atoms with Gasteiger partial charge in [0.25, 0.3) is 0 Å². The number of rotatable bonds is 4. The number of H-pyrrole nitrogens is 1. The van der Waals surface area contributed by atoms with E-state index in [-0.39, 0.29) is 12.3 Å². The molecule has 2 N–H and O–H groups in total. The zero-order valence-electron chi connectivity index (χ0n) is 10.5. The number of ether oxygens (including phenoxy) is 1. The molecular weight excluding hydrogens is 244 g/mol. The lowest BCUT2D eigenvalue weighted by Crippen LogP contribution is -2.14. The Morgan fingerprint density at radius 1 is 1.32 bits per heavy atom. The van der Waals surface area contributed by atoms with Gasteiger partial charge < -0.3 is 15.0 Å². The van der Waals surface area contributed by atoms with Crippen molar-refractivity contribution in [3.8, 4) is 0 Å². The lowest BCUT2D eigenvalue weighted by Gasteiger charge is -2.06. The van der Waals surface area contributed by atoms with Gasteiger partial charge in [-0.2, -0.15) is 0 Å². The molecule has 0 saturated heterocycles. The minimum absolute atomic E-state index is 0.137. The number of hydrogen-bond acceptors (Lipinski definition) is 3. The molecule has 0 unspecified atom stereocenters. The SMILES string of the molecule is COC(=O)c1cccc(NC(=O)Cc2cc[nH]c2)c1. The van der Waals surface area contributed by atoms with Crippen LogP contribution in [-0.2, 0) is 16.0 Å². The molecule has 1 aromatic carbocycles. The van der Waals surface area contributed by atoms with Crippen molar-refractivity contribution in [3.05, 3.63) is 53.9 Å². The second-order valence-corrected chi connectivity index (χ2v) is 4.02. The van der Waals surface area contributed by atoms with Gasteiger partial charge in [-0.3, -0.25) is 4.79 Å². The van der Waals surface area contributed by atoms with E-state index in [2.05, 4.69) is 15.0 Å². The van der Waals surface area contributed by atoms with E-state index in [0.29, 0.717) is 11.3 Å². The second kappa shape index (κ2) is 5.86. The predicted octanol–water partition coefficient (Wildman–Crippen LogP) is 1.98. The van der Waals surface area contributed by atoms with Gasteiger partial charge in [0.05, 0.1) is 19.1 Å². The highest BCUT2D eigenvalue weighted by molar-refractivity contribution is 5.95. The normalized spacial score (nSPS) is 9.95. The van der Waals surface area contributed by atoms with Gasteiger partial charge >= 0.3 is 5.97 Å². The number of nitrogens with one attached hydrogen (secondary N) is 2. The molecule has 0 fully saturated rings. The molecule has 0 saturated carbocycles. The molecule has 19 heavy (non-hydrogen) atoms. The minimum Gasteiger partial charge on any atom is -0.465 e. The van der Waals surface area contributed by atoms with Crippen molar-refractivity contribution in [1.29, 1.82) is 0 Å². The monoisotopic (exact) mass is 258 g/mol. The zero-order valence-corrected chi connectivity index (χ0v) is 10.5. The first kappa shape index (κ1) is 12.9. The molecule has 2 aromatic rings. The second-order valence-electron chi connectivity index (χ2n) is 4.02. The van der Waals surface area contributed by atoms with Crippen LogP contribution in [0.3, 0.4) is 0 Å². The Bertz CT molecular complexity index is 576. The van der Waals surface area contributed by atoms with Crippen LogP contribution in [-0.4, -0.2) is 24.0 Å². The third-order valence-corrected chi connectivity index (χ3v) is 2.59. The molecule has 1 aromatic heterocycles. The number of amides is 1. The van der Waals surface area contributed by atoms with Crippen molar-refractivity contribution >= 4 is 17.6 Å². The molecule has 0 aliphatic carbocycles. The van der Waals surface area contributed by atoms with E-state index >= 15 is 0 Å². The third kappa shape index (κ3) is 3.45. The summed E-state index contributed by atoms with van der Waals surface area (Å²) in [4.78, 5) is 26.0. The van der Waals surface area contributed by atoms with Gasteiger partial charge in [-0.05, 0) is 29.8 Å². The van der Waals surface area contributed by atoms with E-state index in [4.69, 9.17) is 0 Å². The highest BCUT2D eigenvalue weighted by Gasteiger charge is 2.08. The quantitative estimate of drug-likeness (QED) is 0.824. The van der Waals surface area contributed by atoms with Crippen LogP contribution in [0.5, 0.6) is 0 Å². The molecule has 1 amide bonds. The number of aromatic nitrogens is 1. The number of benzene rings is 1. The van der Waals surface area contributed by atoms with Crippen molar-refractivity contribution < 1.29 is 14.3 Å². The maximum atomic E-state index is 11.8. The number of carbonyl (C=O) groups excluding carboxylic acids is 2. The van der Waals surface area contributed by atoms with Gasteiger partial charge in [-0.25, -0.2) is 4.79 Å². The largest absolute Gasteiger partial charge is 0.465 e. The van der Waals surface area contributed by atoms with E-state index in [1.54, 1.807) is 36.7 Å². The summed E-state index contributed by atoms with van der Waals surface area (Å²) in [5.74, 6) is -0.566. The molecule has 5 heteroatoms. The molecule has 0 spiro atoms. The maximum absolute atomic E-state index is 11.8. The van der Waals surface area contributed by atoms with Gasteiger partial charge in [0.15, 0.2) is 0 Å². The fourth-order valence-electron chi connectivity index (χ4n) is 1.70.